The van der Waals surface area contributed by atoms with E-state index in [2.05, 4.69) is 59.0 Å². The van der Waals surface area contributed by atoms with Gasteiger partial charge in [0, 0.05) is 66.7 Å². The molecule has 0 unspecified atom stereocenters. The van der Waals surface area contributed by atoms with E-state index in [4.69, 9.17) is 23.9 Å². The van der Waals surface area contributed by atoms with E-state index in [9.17, 15) is 0 Å². The fourth-order valence-electron chi connectivity index (χ4n) is 4.69. The summed E-state index contributed by atoms with van der Waals surface area (Å²) in [5, 5.41) is 2.31. The van der Waals surface area contributed by atoms with Crippen molar-refractivity contribution >= 4 is 27.6 Å². The van der Waals surface area contributed by atoms with Gasteiger partial charge in [-0.1, -0.05) is 80.0 Å². The van der Waals surface area contributed by atoms with Gasteiger partial charge in [0.1, 0.15) is 23.9 Å². The summed E-state index contributed by atoms with van der Waals surface area (Å²) in [5.41, 5.74) is 2.20. The van der Waals surface area contributed by atoms with Crippen LogP contribution in [0.15, 0.2) is 54.6 Å². The van der Waals surface area contributed by atoms with Crippen molar-refractivity contribution in [2.45, 2.75) is 61.8 Å². The van der Waals surface area contributed by atoms with E-state index >= 15 is 0 Å². The second kappa shape index (κ2) is 21.4. The Hall–Kier alpha value is -3.33. The molecule has 44 heavy (non-hydrogen) atoms. The van der Waals surface area contributed by atoms with E-state index in [1.165, 1.54) is 11.8 Å². The predicted octanol–water partition coefficient (Wildman–Crippen LogP) is 8.55. The molecule has 0 atom stereocenters. The van der Waals surface area contributed by atoms with E-state index in [-0.39, 0.29) is 0 Å². The van der Waals surface area contributed by atoms with Crippen LogP contribution in [0.4, 0.5) is 5.82 Å². The van der Waals surface area contributed by atoms with Crippen LogP contribution in [0.2, 0.25) is 0 Å². The minimum absolute atomic E-state index is 0.523. The number of ether oxygens (including phenoxy) is 4. The van der Waals surface area contributed by atoms with E-state index in [0.29, 0.717) is 25.7 Å². The molecule has 2 aliphatic heterocycles. The molecule has 8 heteroatoms. The highest BCUT2D eigenvalue weighted by atomic mass is 16.5. The Bertz CT molecular complexity index is 1310. The molecule has 2 fully saturated rings. The summed E-state index contributed by atoms with van der Waals surface area (Å²) in [4.78, 5) is 12.9. The molecule has 4 heterocycles. The van der Waals surface area contributed by atoms with Gasteiger partial charge in [0.05, 0.1) is 26.4 Å². The molecule has 244 valence electrons. The summed E-state index contributed by atoms with van der Waals surface area (Å²) in [7, 11) is 0. The van der Waals surface area contributed by atoms with Crippen LogP contribution in [0, 0.1) is 0 Å². The SMILES string of the molecule is CC.CC.CC.CCC.c1ccc2c(c1)[nH]c1ccc(Oc3cc(OCCN4CCOCC4)cc(N4CCOCC4)n3)cc12. The van der Waals surface area contributed by atoms with Crippen molar-refractivity contribution in [3.63, 3.8) is 0 Å². The van der Waals surface area contributed by atoms with Gasteiger partial charge < -0.3 is 28.8 Å². The molecule has 2 aliphatic rings. The molecular weight excluding hydrogens is 552 g/mol. The van der Waals surface area contributed by atoms with Gasteiger partial charge in [-0.15, -0.1) is 0 Å². The number of hydrogen-bond acceptors (Lipinski definition) is 7. The molecule has 0 saturated carbocycles. The van der Waals surface area contributed by atoms with Crippen molar-refractivity contribution in [3.8, 4) is 17.4 Å². The lowest BCUT2D eigenvalue weighted by Crippen LogP contribution is -2.38. The zero-order valence-electron chi connectivity index (χ0n) is 28.4. The Morgan fingerprint density at radius 1 is 0.727 bits per heavy atom. The molecule has 4 aromatic rings. The third kappa shape index (κ3) is 11.0. The molecule has 8 nitrogen and oxygen atoms in total. The van der Waals surface area contributed by atoms with Crippen LogP contribution in [0.5, 0.6) is 17.4 Å². The predicted molar refractivity (Wildman–Crippen MR) is 186 cm³/mol. The number of nitrogens with zero attached hydrogens (tertiary/aromatic N) is 3. The molecule has 2 aromatic heterocycles. The van der Waals surface area contributed by atoms with Crippen molar-refractivity contribution in [1.29, 1.82) is 0 Å². The van der Waals surface area contributed by atoms with Crippen LogP contribution in [-0.4, -0.2) is 80.6 Å². The smallest absolute Gasteiger partial charge is 0.224 e. The van der Waals surface area contributed by atoms with Gasteiger partial charge in [-0.25, -0.2) is 0 Å². The first-order valence-corrected chi connectivity index (χ1v) is 16.7. The standard InChI is InChI=1S/C27H30N4O4.C3H8.3C2H6/c1-2-4-24-22(3-1)23-17-20(5-6-25(23)28-24)35-27-19-21(34-16-9-30-7-12-32-13-8-30)18-26(29-27)31-10-14-33-15-11-31;1-3-2;3*1-2/h1-6,17-19,28H,7-16H2;3H2,1-2H3;3*1-2H3. The number of fused-ring (bicyclic) bond motifs is 3. The number of hydrogen-bond donors (Lipinski definition) is 1. The molecule has 0 spiro atoms. The third-order valence-corrected chi connectivity index (χ3v) is 6.58. The molecule has 0 aliphatic carbocycles. The maximum atomic E-state index is 6.28. The Morgan fingerprint density at radius 2 is 1.34 bits per heavy atom. The molecular formula is C36H56N4O4. The number of benzene rings is 2. The highest BCUT2D eigenvalue weighted by Gasteiger charge is 2.17. The van der Waals surface area contributed by atoms with Crippen LogP contribution in [-0.2, 0) is 9.47 Å². The van der Waals surface area contributed by atoms with Crippen molar-refractivity contribution < 1.29 is 18.9 Å². The van der Waals surface area contributed by atoms with Crippen LogP contribution in [0.3, 0.4) is 0 Å². The summed E-state index contributed by atoms with van der Waals surface area (Å²) >= 11 is 0. The molecule has 6 rings (SSSR count). The summed E-state index contributed by atoms with van der Waals surface area (Å²) in [6.45, 7) is 24.2. The highest BCUT2D eigenvalue weighted by molar-refractivity contribution is 6.07. The Balaban J connectivity index is 0.000000685. The quantitative estimate of drug-likeness (QED) is 0.225. The average Bonchev–Trinajstić information content (AvgIpc) is 3.47. The number of aromatic nitrogens is 2. The van der Waals surface area contributed by atoms with Gasteiger partial charge in [0.2, 0.25) is 5.88 Å². The van der Waals surface area contributed by atoms with Gasteiger partial charge in [0.25, 0.3) is 0 Å². The monoisotopic (exact) mass is 608 g/mol. The number of anilines is 1. The molecule has 0 bridgehead atoms. The van der Waals surface area contributed by atoms with E-state index in [0.717, 1.165) is 79.7 Å². The summed E-state index contributed by atoms with van der Waals surface area (Å²) in [6.07, 6.45) is 1.25. The zero-order valence-corrected chi connectivity index (χ0v) is 28.4. The summed E-state index contributed by atoms with van der Waals surface area (Å²) < 4.78 is 23.4. The van der Waals surface area contributed by atoms with E-state index < -0.39 is 0 Å². The number of pyridine rings is 1. The average molecular weight is 609 g/mol. The number of rotatable bonds is 7. The normalized spacial score (nSPS) is 14.5. The zero-order chi connectivity index (χ0) is 32.2. The van der Waals surface area contributed by atoms with Gasteiger partial charge in [-0.2, -0.15) is 4.98 Å². The maximum absolute atomic E-state index is 6.28. The minimum atomic E-state index is 0.523. The lowest BCUT2D eigenvalue weighted by molar-refractivity contribution is 0.0322. The lowest BCUT2D eigenvalue weighted by Gasteiger charge is -2.28. The topological polar surface area (TPSA) is 72.1 Å². The number of H-pyrrole nitrogens is 1. The van der Waals surface area contributed by atoms with Gasteiger partial charge in [0.15, 0.2) is 0 Å². The first-order valence-electron chi connectivity index (χ1n) is 16.7. The van der Waals surface area contributed by atoms with E-state index in [1.54, 1.807) is 0 Å². The lowest BCUT2D eigenvalue weighted by atomic mass is 10.1. The first kappa shape index (κ1) is 36.9. The largest absolute Gasteiger partial charge is 0.492 e. The van der Waals surface area contributed by atoms with Crippen molar-refractivity contribution in [3.05, 3.63) is 54.6 Å². The maximum Gasteiger partial charge on any atom is 0.224 e. The second-order valence-electron chi connectivity index (χ2n) is 9.59. The van der Waals surface area contributed by atoms with Crippen LogP contribution >= 0.6 is 0 Å². The van der Waals surface area contributed by atoms with Crippen LogP contribution < -0.4 is 14.4 Å². The van der Waals surface area contributed by atoms with Gasteiger partial charge in [-0.3, -0.25) is 4.90 Å². The van der Waals surface area contributed by atoms with Crippen LogP contribution in [0.1, 0.15) is 61.8 Å². The minimum Gasteiger partial charge on any atom is -0.492 e. The summed E-state index contributed by atoms with van der Waals surface area (Å²) in [6, 6.07) is 18.3. The number of nitrogens with one attached hydrogen (secondary N) is 1. The number of para-hydroxylation sites is 1. The van der Waals surface area contributed by atoms with Crippen molar-refractivity contribution in [1.82, 2.24) is 14.9 Å². The molecule has 2 saturated heterocycles. The molecule has 0 radical (unpaired) electrons. The fourth-order valence-corrected chi connectivity index (χ4v) is 4.69. The Morgan fingerprint density at radius 3 is 2.02 bits per heavy atom. The Kier molecular flexibility index (Phi) is 17.9. The van der Waals surface area contributed by atoms with Gasteiger partial charge >= 0.3 is 0 Å². The second-order valence-corrected chi connectivity index (χ2v) is 9.59. The molecule has 0 amide bonds. The summed E-state index contributed by atoms with van der Waals surface area (Å²) in [5.74, 6) is 2.88. The van der Waals surface area contributed by atoms with E-state index in [1.807, 2.05) is 65.8 Å². The number of aromatic amines is 1. The van der Waals surface area contributed by atoms with Crippen molar-refractivity contribution in [2.24, 2.45) is 0 Å². The van der Waals surface area contributed by atoms with Crippen LogP contribution in [0.25, 0.3) is 21.8 Å². The van der Waals surface area contributed by atoms with Gasteiger partial charge in [-0.05, 0) is 24.3 Å². The number of morpholine rings is 2. The fraction of sp³-hybridized carbons (Fsp3) is 0.528. The highest BCUT2D eigenvalue weighted by Crippen LogP contribution is 2.32. The molecule has 1 N–H and O–H groups in total. The Labute approximate surface area is 265 Å². The van der Waals surface area contributed by atoms with Crippen molar-refractivity contribution in [2.75, 3.05) is 70.7 Å². The molecule has 2 aromatic carbocycles. The first-order chi connectivity index (χ1) is 21.7. The third-order valence-electron chi connectivity index (χ3n) is 6.58.